The Morgan fingerprint density at radius 3 is 2.81 bits per heavy atom. The van der Waals surface area contributed by atoms with Crippen LogP contribution in [0.1, 0.15) is 37.1 Å². The Hall–Kier alpha value is -0.910. The fraction of sp³-hybridized carbons (Fsp3) is 0.600. The standard InChI is InChI=1S/C15H20ClN3OS/c1-8(2)11-10(4)21-13-12(11)17-15(16)18-14(13)19-5-6-20-7-9(19)3/h8-9H,5-7H2,1-4H3/t9-/m1/s1. The second kappa shape index (κ2) is 5.71. The molecule has 0 unspecified atom stereocenters. The van der Waals surface area contributed by atoms with Crippen molar-refractivity contribution in [3.63, 3.8) is 0 Å². The first-order valence-electron chi connectivity index (χ1n) is 7.30. The smallest absolute Gasteiger partial charge is 0.224 e. The van der Waals surface area contributed by atoms with E-state index in [-0.39, 0.29) is 0 Å². The number of thiophene rings is 1. The van der Waals surface area contributed by atoms with Gasteiger partial charge in [-0.05, 0) is 36.9 Å². The summed E-state index contributed by atoms with van der Waals surface area (Å²) in [5.74, 6) is 1.39. The van der Waals surface area contributed by atoms with Gasteiger partial charge in [0.15, 0.2) is 5.82 Å². The number of hydrogen-bond acceptors (Lipinski definition) is 5. The van der Waals surface area contributed by atoms with Gasteiger partial charge < -0.3 is 9.64 Å². The van der Waals surface area contributed by atoms with Crippen molar-refractivity contribution in [2.24, 2.45) is 0 Å². The van der Waals surface area contributed by atoms with Crippen molar-refractivity contribution in [2.45, 2.75) is 39.7 Å². The number of aromatic nitrogens is 2. The molecule has 1 aliphatic rings. The first-order chi connectivity index (χ1) is 9.99. The van der Waals surface area contributed by atoms with E-state index < -0.39 is 0 Å². The van der Waals surface area contributed by atoms with Crippen molar-refractivity contribution in [3.05, 3.63) is 15.7 Å². The van der Waals surface area contributed by atoms with Gasteiger partial charge >= 0.3 is 0 Å². The number of morpholine rings is 1. The first kappa shape index (κ1) is 15.0. The van der Waals surface area contributed by atoms with Gasteiger partial charge in [-0.2, -0.15) is 4.98 Å². The highest BCUT2D eigenvalue weighted by Crippen LogP contribution is 2.40. The average Bonchev–Trinajstić information content (AvgIpc) is 2.74. The maximum absolute atomic E-state index is 6.20. The molecule has 0 bridgehead atoms. The molecule has 1 saturated heterocycles. The SMILES string of the molecule is Cc1sc2c(N3CCOC[C@H]3C)nc(Cl)nc2c1C(C)C. The topological polar surface area (TPSA) is 38.2 Å². The summed E-state index contributed by atoms with van der Waals surface area (Å²) in [6, 6.07) is 0.304. The molecule has 0 aliphatic carbocycles. The number of hydrogen-bond donors (Lipinski definition) is 0. The Labute approximate surface area is 134 Å². The number of anilines is 1. The van der Waals surface area contributed by atoms with Gasteiger partial charge in [0.05, 0.1) is 29.5 Å². The zero-order valence-corrected chi connectivity index (χ0v) is 14.4. The third-order valence-electron chi connectivity index (χ3n) is 3.93. The second-order valence-corrected chi connectivity index (χ2v) is 7.40. The van der Waals surface area contributed by atoms with E-state index in [1.54, 1.807) is 11.3 Å². The molecule has 0 aromatic carbocycles. The lowest BCUT2D eigenvalue weighted by atomic mass is 10.0. The van der Waals surface area contributed by atoms with Gasteiger partial charge in [0.1, 0.15) is 0 Å². The first-order valence-corrected chi connectivity index (χ1v) is 8.49. The molecule has 0 amide bonds. The van der Waals surface area contributed by atoms with Gasteiger partial charge in [-0.15, -0.1) is 11.3 Å². The molecule has 1 fully saturated rings. The summed E-state index contributed by atoms with van der Waals surface area (Å²) in [6.45, 7) is 11.0. The molecule has 0 N–H and O–H groups in total. The monoisotopic (exact) mass is 325 g/mol. The molecule has 1 aliphatic heterocycles. The van der Waals surface area contributed by atoms with Crippen LogP contribution in [0.3, 0.4) is 0 Å². The fourth-order valence-corrected chi connectivity index (χ4v) is 4.40. The van der Waals surface area contributed by atoms with E-state index in [0.29, 0.717) is 17.2 Å². The molecule has 1 atom stereocenters. The van der Waals surface area contributed by atoms with Crippen LogP contribution in [-0.2, 0) is 4.74 Å². The van der Waals surface area contributed by atoms with Crippen LogP contribution >= 0.6 is 22.9 Å². The lowest BCUT2D eigenvalue weighted by Gasteiger charge is -2.34. The van der Waals surface area contributed by atoms with E-state index in [0.717, 1.165) is 35.8 Å². The highest BCUT2D eigenvalue weighted by Gasteiger charge is 2.26. The molecule has 0 radical (unpaired) electrons. The molecular formula is C15H20ClN3OS. The zero-order chi connectivity index (χ0) is 15.1. The van der Waals surface area contributed by atoms with Crippen molar-refractivity contribution < 1.29 is 4.74 Å². The normalized spacial score (nSPS) is 19.7. The Balaban J connectivity index is 2.21. The van der Waals surface area contributed by atoms with E-state index in [4.69, 9.17) is 16.3 Å². The Morgan fingerprint density at radius 2 is 2.14 bits per heavy atom. The van der Waals surface area contributed by atoms with Crippen LogP contribution in [0.25, 0.3) is 10.2 Å². The van der Waals surface area contributed by atoms with E-state index in [9.17, 15) is 0 Å². The molecule has 3 heterocycles. The van der Waals surface area contributed by atoms with Crippen LogP contribution in [-0.4, -0.2) is 35.8 Å². The Morgan fingerprint density at radius 1 is 1.38 bits per heavy atom. The number of fused-ring (bicyclic) bond motifs is 1. The lowest BCUT2D eigenvalue weighted by molar-refractivity contribution is 0.0987. The molecule has 0 saturated carbocycles. The summed E-state index contributed by atoms with van der Waals surface area (Å²) in [6.07, 6.45) is 0. The Bertz CT molecular complexity index is 670. The maximum Gasteiger partial charge on any atom is 0.224 e. The lowest BCUT2D eigenvalue weighted by Crippen LogP contribution is -2.44. The third-order valence-corrected chi connectivity index (χ3v) is 5.20. The average molecular weight is 326 g/mol. The summed E-state index contributed by atoms with van der Waals surface area (Å²) < 4.78 is 6.68. The molecule has 114 valence electrons. The van der Waals surface area contributed by atoms with Gasteiger partial charge in [0.25, 0.3) is 0 Å². The number of aryl methyl sites for hydroxylation is 1. The van der Waals surface area contributed by atoms with Gasteiger partial charge in [-0.3, -0.25) is 0 Å². The van der Waals surface area contributed by atoms with Crippen molar-refractivity contribution in [1.29, 1.82) is 0 Å². The predicted octanol–water partition coefficient (Wildman–Crippen LogP) is 4.00. The second-order valence-electron chi connectivity index (χ2n) is 5.84. The molecule has 21 heavy (non-hydrogen) atoms. The van der Waals surface area contributed by atoms with Crippen molar-refractivity contribution in [1.82, 2.24) is 9.97 Å². The van der Waals surface area contributed by atoms with E-state index >= 15 is 0 Å². The number of rotatable bonds is 2. The number of halogens is 1. The fourth-order valence-electron chi connectivity index (χ4n) is 2.98. The van der Waals surface area contributed by atoms with E-state index in [1.807, 2.05) is 0 Å². The van der Waals surface area contributed by atoms with Crippen LogP contribution in [0.4, 0.5) is 5.82 Å². The van der Waals surface area contributed by atoms with E-state index in [2.05, 4.69) is 42.6 Å². The summed E-state index contributed by atoms with van der Waals surface area (Å²) in [5, 5.41) is 0.330. The molecule has 3 rings (SSSR count). The van der Waals surface area contributed by atoms with E-state index in [1.165, 1.54) is 10.4 Å². The van der Waals surface area contributed by atoms with Crippen molar-refractivity contribution >= 4 is 39.0 Å². The molecular weight excluding hydrogens is 306 g/mol. The summed E-state index contributed by atoms with van der Waals surface area (Å²) >= 11 is 7.97. The van der Waals surface area contributed by atoms with Crippen LogP contribution in [0.2, 0.25) is 5.28 Å². The maximum atomic E-state index is 6.20. The van der Waals surface area contributed by atoms with Crippen LogP contribution in [0, 0.1) is 6.92 Å². The molecule has 2 aromatic heterocycles. The van der Waals surface area contributed by atoms with Crippen LogP contribution in [0.15, 0.2) is 0 Å². The Kier molecular flexibility index (Phi) is 4.08. The number of nitrogens with zero attached hydrogens (tertiary/aromatic N) is 3. The molecule has 6 heteroatoms. The highest BCUT2D eigenvalue weighted by molar-refractivity contribution is 7.19. The van der Waals surface area contributed by atoms with Gasteiger partial charge in [-0.25, -0.2) is 4.98 Å². The van der Waals surface area contributed by atoms with Gasteiger partial charge in [-0.1, -0.05) is 13.8 Å². The van der Waals surface area contributed by atoms with Crippen molar-refractivity contribution in [3.8, 4) is 0 Å². The minimum absolute atomic E-state index is 0.304. The number of ether oxygens (including phenoxy) is 1. The minimum atomic E-state index is 0.304. The predicted molar refractivity (Wildman–Crippen MR) is 88.9 cm³/mol. The quantitative estimate of drug-likeness (QED) is 0.782. The highest BCUT2D eigenvalue weighted by atomic mass is 35.5. The van der Waals surface area contributed by atoms with Crippen LogP contribution in [0.5, 0.6) is 0 Å². The summed E-state index contributed by atoms with van der Waals surface area (Å²) in [4.78, 5) is 12.6. The van der Waals surface area contributed by atoms with Gasteiger partial charge in [0, 0.05) is 11.4 Å². The minimum Gasteiger partial charge on any atom is -0.377 e. The molecule has 0 spiro atoms. The van der Waals surface area contributed by atoms with Gasteiger partial charge in [0.2, 0.25) is 5.28 Å². The summed E-state index contributed by atoms with van der Waals surface area (Å²) in [5.41, 5.74) is 2.31. The summed E-state index contributed by atoms with van der Waals surface area (Å²) in [7, 11) is 0. The zero-order valence-electron chi connectivity index (χ0n) is 12.8. The molecule has 2 aromatic rings. The van der Waals surface area contributed by atoms with Crippen molar-refractivity contribution in [2.75, 3.05) is 24.7 Å². The largest absolute Gasteiger partial charge is 0.377 e. The molecule has 4 nitrogen and oxygen atoms in total. The third kappa shape index (κ3) is 2.62. The van der Waals surface area contributed by atoms with Crippen LogP contribution < -0.4 is 4.90 Å².